The van der Waals surface area contributed by atoms with E-state index in [1.807, 2.05) is 72.8 Å². The summed E-state index contributed by atoms with van der Waals surface area (Å²) in [6.07, 6.45) is 1.68. The Balaban J connectivity index is 1.92. The molecule has 0 fully saturated rings. The van der Waals surface area contributed by atoms with Crippen LogP contribution >= 0.6 is 22.6 Å². The van der Waals surface area contributed by atoms with E-state index in [9.17, 15) is 4.79 Å². The number of rotatable bonds is 3. The minimum Gasteiger partial charge on any atom is -0.267 e. The van der Waals surface area contributed by atoms with Crippen LogP contribution in [-0.4, -0.2) is 15.9 Å². The number of halogens is 1. The third-order valence-electron chi connectivity index (χ3n) is 3.98. The van der Waals surface area contributed by atoms with Gasteiger partial charge in [-0.3, -0.25) is 4.79 Å². The van der Waals surface area contributed by atoms with Crippen LogP contribution in [0.4, 0.5) is 0 Å². The second-order valence-corrected chi connectivity index (χ2v) is 6.98. The molecule has 0 bridgehead atoms. The molecule has 0 N–H and O–H groups in total. The summed E-state index contributed by atoms with van der Waals surface area (Å²) >= 11 is 2.25. The van der Waals surface area contributed by atoms with Crippen molar-refractivity contribution in [2.75, 3.05) is 0 Å². The lowest BCUT2D eigenvalue weighted by Crippen LogP contribution is -2.20. The molecule has 26 heavy (non-hydrogen) atoms. The van der Waals surface area contributed by atoms with Gasteiger partial charge in [-0.15, -0.1) is 0 Å². The molecule has 0 aliphatic carbocycles. The molecule has 0 atom stereocenters. The number of hydrogen-bond donors (Lipinski definition) is 0. The smallest absolute Gasteiger partial charge is 0.267 e. The van der Waals surface area contributed by atoms with E-state index >= 15 is 0 Å². The monoisotopic (exact) mass is 451 g/mol. The normalized spacial score (nSPS) is 11.3. The lowest BCUT2D eigenvalue weighted by molar-refractivity contribution is 0.830. The highest BCUT2D eigenvalue weighted by atomic mass is 127. The van der Waals surface area contributed by atoms with E-state index in [0.29, 0.717) is 16.7 Å². The van der Waals surface area contributed by atoms with E-state index < -0.39 is 0 Å². The largest absolute Gasteiger partial charge is 0.282 e. The third kappa shape index (κ3) is 3.30. The molecule has 4 aromatic rings. The number of hydrogen-bond acceptors (Lipinski definition) is 3. The average molecular weight is 451 g/mol. The molecular formula is C21H14IN3O. The Bertz CT molecular complexity index is 1150. The maximum atomic E-state index is 13.0. The van der Waals surface area contributed by atoms with Crippen molar-refractivity contribution in [2.45, 2.75) is 0 Å². The third-order valence-corrected chi connectivity index (χ3v) is 4.70. The molecule has 1 aromatic heterocycles. The van der Waals surface area contributed by atoms with E-state index in [1.165, 1.54) is 4.68 Å². The van der Waals surface area contributed by atoms with Crippen LogP contribution in [-0.2, 0) is 0 Å². The molecule has 0 aliphatic heterocycles. The van der Waals surface area contributed by atoms with Gasteiger partial charge in [-0.25, -0.2) is 4.98 Å². The maximum Gasteiger partial charge on any atom is 0.282 e. The van der Waals surface area contributed by atoms with E-state index in [0.717, 1.165) is 14.7 Å². The molecule has 1 heterocycles. The Morgan fingerprint density at radius 3 is 2.35 bits per heavy atom. The fraction of sp³-hybridized carbons (Fsp3) is 0. The zero-order valence-corrected chi connectivity index (χ0v) is 15.9. The van der Waals surface area contributed by atoms with E-state index in [-0.39, 0.29) is 5.56 Å². The summed E-state index contributed by atoms with van der Waals surface area (Å²) in [5, 5.41) is 4.99. The molecule has 3 aromatic carbocycles. The highest BCUT2D eigenvalue weighted by molar-refractivity contribution is 14.1. The van der Waals surface area contributed by atoms with Gasteiger partial charge in [0.25, 0.3) is 5.56 Å². The van der Waals surface area contributed by atoms with Crippen molar-refractivity contribution in [2.24, 2.45) is 5.10 Å². The summed E-state index contributed by atoms with van der Waals surface area (Å²) in [4.78, 5) is 17.7. The van der Waals surface area contributed by atoms with Gasteiger partial charge >= 0.3 is 0 Å². The van der Waals surface area contributed by atoms with Gasteiger partial charge in [-0.1, -0.05) is 54.6 Å². The van der Waals surface area contributed by atoms with E-state index in [1.54, 1.807) is 12.3 Å². The van der Waals surface area contributed by atoms with E-state index in [4.69, 9.17) is 0 Å². The van der Waals surface area contributed by atoms with Crippen LogP contribution in [0, 0.1) is 3.57 Å². The standard InChI is InChI=1S/C21H14IN3O/c22-17-12-10-15(11-13-17)14-23-25-20(16-6-2-1-3-7-16)24-19-9-5-4-8-18(19)21(25)26/h1-14H. The molecule has 0 saturated heterocycles. The number of para-hydroxylation sites is 1. The van der Waals surface area contributed by atoms with Crippen LogP contribution in [0.3, 0.4) is 0 Å². The fourth-order valence-electron chi connectivity index (χ4n) is 2.68. The summed E-state index contributed by atoms with van der Waals surface area (Å²) in [6.45, 7) is 0. The second-order valence-electron chi connectivity index (χ2n) is 5.73. The Kier molecular flexibility index (Phi) is 4.62. The molecule has 126 valence electrons. The predicted octanol–water partition coefficient (Wildman–Crippen LogP) is 4.55. The molecule has 0 saturated carbocycles. The van der Waals surface area contributed by atoms with Gasteiger partial charge in [0, 0.05) is 9.13 Å². The highest BCUT2D eigenvalue weighted by Gasteiger charge is 2.11. The van der Waals surface area contributed by atoms with Crippen molar-refractivity contribution in [3.8, 4) is 11.4 Å². The van der Waals surface area contributed by atoms with Crippen molar-refractivity contribution in [1.29, 1.82) is 0 Å². The number of aromatic nitrogens is 2. The van der Waals surface area contributed by atoms with Crippen LogP contribution in [0.15, 0.2) is 88.8 Å². The molecular weight excluding hydrogens is 437 g/mol. The minimum atomic E-state index is -0.184. The van der Waals surface area contributed by atoms with Crippen LogP contribution in [0.1, 0.15) is 5.56 Å². The SMILES string of the molecule is O=c1c2ccccc2nc(-c2ccccc2)n1N=Cc1ccc(I)cc1. The van der Waals surface area contributed by atoms with E-state index in [2.05, 4.69) is 32.7 Å². The molecule has 0 amide bonds. The number of fused-ring (bicyclic) bond motifs is 1. The van der Waals surface area contributed by atoms with Gasteiger partial charge in [-0.2, -0.15) is 9.78 Å². The summed E-state index contributed by atoms with van der Waals surface area (Å²) in [5.41, 5.74) is 2.24. The molecule has 0 unspecified atom stereocenters. The van der Waals surface area contributed by atoms with Gasteiger partial charge in [0.2, 0.25) is 0 Å². The van der Waals surface area contributed by atoms with Crippen molar-refractivity contribution < 1.29 is 0 Å². The van der Waals surface area contributed by atoms with Crippen LogP contribution in [0.25, 0.3) is 22.3 Å². The topological polar surface area (TPSA) is 47.2 Å². The summed E-state index contributed by atoms with van der Waals surface area (Å²) < 4.78 is 2.52. The first-order chi connectivity index (χ1) is 12.7. The number of nitrogens with zero attached hydrogens (tertiary/aromatic N) is 3. The first-order valence-electron chi connectivity index (χ1n) is 8.09. The van der Waals surface area contributed by atoms with Crippen molar-refractivity contribution in [1.82, 2.24) is 9.66 Å². The highest BCUT2D eigenvalue weighted by Crippen LogP contribution is 2.18. The summed E-state index contributed by atoms with van der Waals surface area (Å²) in [5.74, 6) is 0.524. The van der Waals surface area contributed by atoms with Crippen molar-refractivity contribution in [3.63, 3.8) is 0 Å². The number of benzene rings is 3. The molecule has 0 radical (unpaired) electrons. The van der Waals surface area contributed by atoms with Crippen LogP contribution in [0.2, 0.25) is 0 Å². The molecule has 0 aliphatic rings. The van der Waals surface area contributed by atoms with Gasteiger partial charge in [0.1, 0.15) is 0 Å². The predicted molar refractivity (Wildman–Crippen MR) is 114 cm³/mol. The summed E-state index contributed by atoms with van der Waals surface area (Å²) in [7, 11) is 0. The van der Waals surface area contributed by atoms with Crippen molar-refractivity contribution in [3.05, 3.63) is 98.4 Å². The van der Waals surface area contributed by atoms with Crippen LogP contribution < -0.4 is 5.56 Å². The zero-order chi connectivity index (χ0) is 17.9. The first kappa shape index (κ1) is 16.7. The lowest BCUT2D eigenvalue weighted by Gasteiger charge is -2.09. The lowest BCUT2D eigenvalue weighted by atomic mass is 10.2. The fourth-order valence-corrected chi connectivity index (χ4v) is 3.04. The van der Waals surface area contributed by atoms with Crippen molar-refractivity contribution >= 4 is 39.7 Å². The Morgan fingerprint density at radius 1 is 0.885 bits per heavy atom. The Morgan fingerprint density at radius 2 is 1.58 bits per heavy atom. The first-order valence-corrected chi connectivity index (χ1v) is 9.17. The van der Waals surface area contributed by atoms with Gasteiger partial charge in [0.05, 0.1) is 17.1 Å². The maximum absolute atomic E-state index is 13.0. The second kappa shape index (κ2) is 7.21. The molecule has 5 heteroatoms. The van der Waals surface area contributed by atoms with Gasteiger partial charge < -0.3 is 0 Å². The summed E-state index contributed by atoms with van der Waals surface area (Å²) in [6, 6.07) is 24.9. The van der Waals surface area contributed by atoms with Crippen LogP contribution in [0.5, 0.6) is 0 Å². The zero-order valence-electron chi connectivity index (χ0n) is 13.7. The Hall–Kier alpha value is -2.80. The van der Waals surface area contributed by atoms with Gasteiger partial charge in [0.15, 0.2) is 5.82 Å². The minimum absolute atomic E-state index is 0.184. The molecule has 4 rings (SSSR count). The van der Waals surface area contributed by atoms with Gasteiger partial charge in [-0.05, 0) is 52.4 Å². The quantitative estimate of drug-likeness (QED) is 0.339. The molecule has 4 nitrogen and oxygen atoms in total. The molecule has 0 spiro atoms. The average Bonchev–Trinajstić information content (AvgIpc) is 2.69. The Labute approximate surface area is 164 Å².